The highest BCUT2D eigenvalue weighted by molar-refractivity contribution is 7.85. The van der Waals surface area contributed by atoms with Crippen molar-refractivity contribution in [1.29, 1.82) is 0 Å². The number of carbonyl (C=O) groups is 4. The topological polar surface area (TPSA) is 160 Å². The largest absolute Gasteiger partial charge is 0.479 e. The monoisotopic (exact) mass is 507 g/mol. The quantitative estimate of drug-likeness (QED) is 0.326. The smallest absolute Gasteiger partial charge is 0.413 e. The van der Waals surface area contributed by atoms with Crippen LogP contribution in [0.4, 0.5) is 4.79 Å². The van der Waals surface area contributed by atoms with Gasteiger partial charge >= 0.3 is 12.1 Å². The maximum absolute atomic E-state index is 13.1. The van der Waals surface area contributed by atoms with Gasteiger partial charge < -0.3 is 19.9 Å². The van der Waals surface area contributed by atoms with E-state index in [2.05, 4.69) is 15.6 Å². The first-order valence-corrected chi connectivity index (χ1v) is 12.9. The summed E-state index contributed by atoms with van der Waals surface area (Å²) in [5.74, 6) is -2.70. The summed E-state index contributed by atoms with van der Waals surface area (Å²) in [6.07, 6.45) is 1.05. The summed E-state index contributed by atoms with van der Waals surface area (Å²) in [4.78, 5) is 53.5. The van der Waals surface area contributed by atoms with Gasteiger partial charge in [-0.05, 0) is 25.7 Å². The number of hydrogen-bond donors (Lipinski definition) is 3. The van der Waals surface area contributed by atoms with E-state index in [1.54, 1.807) is 37.3 Å². The Bertz CT molecular complexity index is 994. The summed E-state index contributed by atoms with van der Waals surface area (Å²) in [7, 11) is -1.44. The fourth-order valence-electron chi connectivity index (χ4n) is 3.83. The number of Topliss-reactive ketones (excluding diaryl/α,β-unsaturated/α-hetero) is 1. The van der Waals surface area contributed by atoms with E-state index >= 15 is 0 Å². The molecule has 0 spiro atoms. The van der Waals surface area contributed by atoms with Crippen molar-refractivity contribution in [1.82, 2.24) is 10.6 Å². The molecule has 11 nitrogen and oxygen atoms in total. The van der Waals surface area contributed by atoms with Crippen LogP contribution >= 0.6 is 0 Å². The van der Waals surface area contributed by atoms with Crippen molar-refractivity contribution < 1.29 is 38.0 Å². The van der Waals surface area contributed by atoms with Crippen LogP contribution in [0.25, 0.3) is 0 Å². The molecule has 12 heteroatoms. The molecule has 1 aliphatic carbocycles. The Morgan fingerprint density at radius 1 is 1.23 bits per heavy atom. The number of hydrogen-bond acceptors (Lipinski definition) is 8. The molecule has 0 radical (unpaired) electrons. The zero-order chi connectivity index (χ0) is 25.4. The summed E-state index contributed by atoms with van der Waals surface area (Å²) in [5.41, 5.74) is 0.486. The van der Waals surface area contributed by atoms with Gasteiger partial charge in [0, 0.05) is 22.1 Å². The molecule has 35 heavy (non-hydrogen) atoms. The molecule has 1 saturated carbocycles. The van der Waals surface area contributed by atoms with Gasteiger partial charge in [0.1, 0.15) is 30.6 Å². The molecule has 1 aromatic rings. The number of carbonyl (C=O) groups excluding carboxylic acids is 3. The highest BCUT2D eigenvalue weighted by Crippen LogP contribution is 2.21. The lowest BCUT2D eigenvalue weighted by molar-refractivity contribution is -0.148. The lowest BCUT2D eigenvalue weighted by Gasteiger charge is -2.20. The van der Waals surface area contributed by atoms with Crippen molar-refractivity contribution in [2.75, 3.05) is 18.1 Å². The molecule has 1 aromatic carbocycles. The lowest BCUT2D eigenvalue weighted by atomic mass is 10.1. The Morgan fingerprint density at radius 2 is 1.91 bits per heavy atom. The minimum absolute atomic E-state index is 0.0330. The number of amides is 2. The highest BCUT2D eigenvalue weighted by atomic mass is 32.2. The molecule has 4 atom stereocenters. The number of benzene rings is 1. The Hall–Kier alpha value is -3.12. The number of alkyl carbamates (subject to hydrolysis) is 1. The molecule has 3 N–H and O–H groups in total. The fourth-order valence-corrected chi connectivity index (χ4v) is 4.64. The third-order valence-corrected chi connectivity index (χ3v) is 7.02. The van der Waals surface area contributed by atoms with Crippen LogP contribution in [-0.4, -0.2) is 81.3 Å². The molecule has 2 fully saturated rings. The molecule has 1 saturated heterocycles. The van der Waals surface area contributed by atoms with Crippen LogP contribution < -0.4 is 10.6 Å². The van der Waals surface area contributed by atoms with Crippen molar-refractivity contribution in [2.45, 2.75) is 56.9 Å². The van der Waals surface area contributed by atoms with E-state index in [1.165, 1.54) is 0 Å². The van der Waals surface area contributed by atoms with E-state index in [1.807, 2.05) is 0 Å². The molecule has 1 heterocycles. The minimum Gasteiger partial charge on any atom is -0.479 e. The summed E-state index contributed by atoms with van der Waals surface area (Å²) in [6.45, 7) is 1.24. The second-order valence-corrected chi connectivity index (χ2v) is 10.0. The third kappa shape index (κ3) is 7.43. The van der Waals surface area contributed by atoms with Crippen LogP contribution in [0.5, 0.6) is 0 Å². The first-order valence-electron chi connectivity index (χ1n) is 11.4. The van der Waals surface area contributed by atoms with Crippen molar-refractivity contribution in [3.05, 3.63) is 35.9 Å². The van der Waals surface area contributed by atoms with Crippen molar-refractivity contribution >= 4 is 40.4 Å². The maximum atomic E-state index is 13.1. The number of rotatable bonds is 9. The number of amidine groups is 1. The summed E-state index contributed by atoms with van der Waals surface area (Å²) in [5, 5.41) is 14.2. The van der Waals surface area contributed by atoms with Gasteiger partial charge in [-0.25, -0.2) is 9.59 Å². The van der Waals surface area contributed by atoms with E-state index in [0.29, 0.717) is 5.56 Å². The summed E-state index contributed by atoms with van der Waals surface area (Å²) in [6, 6.07) is 5.89. The fraction of sp³-hybridized carbons (Fsp3) is 0.522. The number of nitrogens with one attached hydrogen (secondary N) is 2. The molecular formula is C23H29N3O8S. The Kier molecular flexibility index (Phi) is 9.49. The standard InChI is InChI=1S/C23H29N3O8S/c1-2-35(32)13-16(21(28)25-18-17(27)12-33-19(18)22(29)30)24-20(14-8-4-3-5-9-14)26-23(31)34-15-10-6-7-11-15/h3-5,8-9,15-16,18-19H,2,6-7,10-13H2,1H3,(H,25,28)(H,29,30)(H,24,26,31). The van der Waals surface area contributed by atoms with Crippen LogP contribution in [0.2, 0.25) is 0 Å². The van der Waals surface area contributed by atoms with Gasteiger partial charge in [0.05, 0.1) is 5.75 Å². The van der Waals surface area contributed by atoms with E-state index in [9.17, 15) is 28.5 Å². The van der Waals surface area contributed by atoms with E-state index < -0.39 is 59.3 Å². The maximum Gasteiger partial charge on any atom is 0.413 e. The second-order valence-electron chi connectivity index (χ2n) is 8.21. The second kappa shape index (κ2) is 12.5. The van der Waals surface area contributed by atoms with Crippen LogP contribution in [0, 0.1) is 0 Å². The highest BCUT2D eigenvalue weighted by Gasteiger charge is 2.42. The Labute approximate surface area is 205 Å². The minimum atomic E-state index is -1.53. The predicted octanol–water partition coefficient (Wildman–Crippen LogP) is 0.777. The number of carboxylic acid groups (broad SMARTS) is 1. The van der Waals surface area contributed by atoms with Crippen molar-refractivity contribution in [2.24, 2.45) is 4.99 Å². The molecular weight excluding hydrogens is 478 g/mol. The van der Waals surface area contributed by atoms with Crippen molar-refractivity contribution in [3.8, 4) is 0 Å². The van der Waals surface area contributed by atoms with Crippen molar-refractivity contribution in [3.63, 3.8) is 0 Å². The van der Waals surface area contributed by atoms with Crippen LogP contribution in [-0.2, 0) is 34.7 Å². The number of aliphatic imine (C=N–C) groups is 1. The number of carboxylic acids is 1. The predicted molar refractivity (Wildman–Crippen MR) is 127 cm³/mol. The average Bonchev–Trinajstić information content (AvgIpc) is 3.48. The van der Waals surface area contributed by atoms with E-state index in [-0.39, 0.29) is 23.4 Å². The van der Waals surface area contributed by atoms with Gasteiger partial charge in [-0.3, -0.25) is 24.1 Å². The number of aliphatic carboxylic acids is 1. The van der Waals surface area contributed by atoms with Gasteiger partial charge in [0.25, 0.3) is 0 Å². The molecule has 2 aliphatic rings. The van der Waals surface area contributed by atoms with Gasteiger partial charge in [-0.15, -0.1) is 0 Å². The van der Waals surface area contributed by atoms with Gasteiger partial charge in [-0.1, -0.05) is 37.3 Å². The molecule has 4 unspecified atom stereocenters. The molecule has 0 bridgehead atoms. The first kappa shape index (κ1) is 26.5. The van der Waals surface area contributed by atoms with E-state index in [0.717, 1.165) is 25.7 Å². The van der Waals surface area contributed by atoms with Gasteiger partial charge in [0.15, 0.2) is 11.9 Å². The Morgan fingerprint density at radius 3 is 2.54 bits per heavy atom. The van der Waals surface area contributed by atoms with Gasteiger partial charge in [0.2, 0.25) is 5.91 Å². The number of nitrogens with zero attached hydrogens (tertiary/aromatic N) is 1. The number of ether oxygens (including phenoxy) is 2. The first-order chi connectivity index (χ1) is 16.8. The Balaban J connectivity index is 1.86. The van der Waals surface area contributed by atoms with E-state index in [4.69, 9.17) is 9.47 Å². The number of ketones is 1. The molecule has 1 aliphatic heterocycles. The molecule has 190 valence electrons. The van der Waals surface area contributed by atoms with Crippen LogP contribution in [0.15, 0.2) is 35.3 Å². The summed E-state index contributed by atoms with van der Waals surface area (Å²) >= 11 is 0. The third-order valence-electron chi connectivity index (χ3n) is 5.69. The zero-order valence-corrected chi connectivity index (χ0v) is 20.1. The zero-order valence-electron chi connectivity index (χ0n) is 19.3. The van der Waals surface area contributed by atoms with Gasteiger partial charge in [-0.2, -0.15) is 0 Å². The van der Waals surface area contributed by atoms with Crippen LogP contribution in [0.3, 0.4) is 0 Å². The average molecular weight is 508 g/mol. The van der Waals surface area contributed by atoms with Crippen LogP contribution in [0.1, 0.15) is 38.2 Å². The normalized spacial score (nSPS) is 22.4. The molecule has 2 amide bonds. The SMILES string of the molecule is CCS(=O)CC(N=C(NC(=O)OC1CCCC1)c1ccccc1)C(=O)NC1C(=O)COC1C(=O)O. The molecule has 0 aromatic heterocycles. The lowest BCUT2D eigenvalue weighted by Crippen LogP contribution is -2.51. The molecule has 3 rings (SSSR count). The summed E-state index contributed by atoms with van der Waals surface area (Å²) < 4.78 is 22.7.